The number of carbonyl (C=O) groups is 1. The van der Waals surface area contributed by atoms with E-state index >= 15 is 0 Å². The molecule has 1 aromatic heterocycles. The van der Waals surface area contributed by atoms with Crippen LogP contribution in [0.15, 0.2) is 12.3 Å². The third-order valence-corrected chi connectivity index (χ3v) is 3.80. The summed E-state index contributed by atoms with van der Waals surface area (Å²) in [5, 5.41) is 10.1. The highest BCUT2D eigenvalue weighted by atomic mass is 16.5. The molecular weight excluding hydrogens is 270 g/mol. The highest BCUT2D eigenvalue weighted by Crippen LogP contribution is 2.26. The average Bonchev–Trinajstić information content (AvgIpc) is 2.60. The number of hydrogen-bond acceptors (Lipinski definition) is 6. The molecule has 1 aliphatic rings. The third-order valence-electron chi connectivity index (χ3n) is 3.80. The van der Waals surface area contributed by atoms with Gasteiger partial charge in [0, 0.05) is 13.1 Å². The van der Waals surface area contributed by atoms with Gasteiger partial charge in [-0.1, -0.05) is 0 Å². The van der Waals surface area contributed by atoms with Crippen molar-refractivity contribution in [2.45, 2.75) is 38.7 Å². The molecule has 1 saturated heterocycles. The Morgan fingerprint density at radius 1 is 1.52 bits per heavy atom. The van der Waals surface area contributed by atoms with E-state index in [4.69, 9.17) is 10.5 Å². The number of aliphatic hydroxyl groups is 1. The van der Waals surface area contributed by atoms with Gasteiger partial charge in [-0.2, -0.15) is 0 Å². The summed E-state index contributed by atoms with van der Waals surface area (Å²) in [4.78, 5) is 18.3. The summed E-state index contributed by atoms with van der Waals surface area (Å²) in [5.41, 5.74) is 5.83. The molecule has 1 aliphatic heterocycles. The van der Waals surface area contributed by atoms with E-state index in [0.717, 1.165) is 19.4 Å². The van der Waals surface area contributed by atoms with Crippen molar-refractivity contribution >= 4 is 17.5 Å². The molecule has 2 rings (SSSR count). The Labute approximate surface area is 124 Å². The van der Waals surface area contributed by atoms with E-state index in [1.807, 2.05) is 6.92 Å². The van der Waals surface area contributed by atoms with Gasteiger partial charge in [-0.05, 0) is 39.2 Å². The van der Waals surface area contributed by atoms with Crippen LogP contribution in [0.3, 0.4) is 0 Å². The summed E-state index contributed by atoms with van der Waals surface area (Å²) in [7, 11) is 0. The van der Waals surface area contributed by atoms with Crippen LogP contribution in [0.25, 0.3) is 0 Å². The molecular formula is C15H23N3O3. The van der Waals surface area contributed by atoms with Gasteiger partial charge in [0.15, 0.2) is 0 Å². The Morgan fingerprint density at radius 3 is 3.00 bits per heavy atom. The Balaban J connectivity index is 2.20. The van der Waals surface area contributed by atoms with Crippen LogP contribution in [0.5, 0.6) is 0 Å². The topological polar surface area (TPSA) is 88.7 Å². The van der Waals surface area contributed by atoms with Crippen LogP contribution in [-0.4, -0.2) is 41.4 Å². The zero-order valence-corrected chi connectivity index (χ0v) is 12.6. The Kier molecular flexibility index (Phi) is 4.67. The lowest BCUT2D eigenvalue weighted by Gasteiger charge is -2.23. The normalized spacial score (nSPS) is 22.7. The number of pyridine rings is 1. The lowest BCUT2D eigenvalue weighted by molar-refractivity contribution is 0.0480. The number of nitrogen functional groups attached to an aromatic ring is 1. The minimum atomic E-state index is -0.632. The molecule has 1 aromatic rings. The van der Waals surface area contributed by atoms with Crippen molar-refractivity contribution in [1.82, 2.24) is 4.98 Å². The zero-order valence-electron chi connectivity index (χ0n) is 12.6. The molecule has 0 amide bonds. The summed E-state index contributed by atoms with van der Waals surface area (Å²) < 4.78 is 5.00. The molecule has 6 heteroatoms. The second-order valence-electron chi connectivity index (χ2n) is 5.69. The van der Waals surface area contributed by atoms with E-state index in [2.05, 4.69) is 9.88 Å². The first-order valence-electron chi connectivity index (χ1n) is 7.33. The number of ether oxygens (including phenoxy) is 1. The van der Waals surface area contributed by atoms with E-state index in [-0.39, 0.29) is 0 Å². The summed E-state index contributed by atoms with van der Waals surface area (Å²) >= 11 is 0. The van der Waals surface area contributed by atoms with E-state index in [1.165, 1.54) is 6.20 Å². The first-order valence-corrected chi connectivity index (χ1v) is 7.33. The maximum absolute atomic E-state index is 11.9. The van der Waals surface area contributed by atoms with E-state index in [0.29, 0.717) is 36.6 Å². The van der Waals surface area contributed by atoms with Gasteiger partial charge in [-0.15, -0.1) is 0 Å². The Hall–Kier alpha value is -1.82. The molecule has 1 fully saturated rings. The first-order chi connectivity index (χ1) is 9.93. The molecule has 0 aromatic carbocycles. The van der Waals surface area contributed by atoms with Crippen molar-refractivity contribution < 1.29 is 14.6 Å². The number of carbonyl (C=O) groups excluding carboxylic acids is 1. The van der Waals surface area contributed by atoms with Crippen molar-refractivity contribution in [3.63, 3.8) is 0 Å². The van der Waals surface area contributed by atoms with Crippen molar-refractivity contribution in [3.05, 3.63) is 17.8 Å². The number of anilines is 2. The van der Waals surface area contributed by atoms with Gasteiger partial charge in [-0.3, -0.25) is 0 Å². The van der Waals surface area contributed by atoms with E-state index in [9.17, 15) is 9.90 Å². The minimum absolute atomic E-state index is 0.308. The van der Waals surface area contributed by atoms with Crippen LogP contribution in [-0.2, 0) is 4.74 Å². The van der Waals surface area contributed by atoms with Gasteiger partial charge < -0.3 is 20.5 Å². The number of aromatic nitrogens is 1. The minimum Gasteiger partial charge on any atom is -0.462 e. The number of nitrogens with zero attached hydrogens (tertiary/aromatic N) is 2. The SMILES string of the molecule is CCOC(=O)c1cc(N2CCCC(C)(O)CC2)ncc1N. The molecule has 1 unspecified atom stereocenters. The van der Waals surface area contributed by atoms with Crippen molar-refractivity contribution in [2.24, 2.45) is 0 Å². The van der Waals surface area contributed by atoms with Crippen LogP contribution in [0.1, 0.15) is 43.5 Å². The molecule has 0 saturated carbocycles. The molecule has 1 atom stereocenters. The first kappa shape index (κ1) is 15.6. The quantitative estimate of drug-likeness (QED) is 0.823. The molecule has 2 heterocycles. The van der Waals surface area contributed by atoms with Crippen molar-refractivity contribution in [2.75, 3.05) is 30.3 Å². The van der Waals surface area contributed by atoms with Crippen LogP contribution in [0.2, 0.25) is 0 Å². The molecule has 3 N–H and O–H groups in total. The highest BCUT2D eigenvalue weighted by molar-refractivity contribution is 5.95. The fourth-order valence-corrected chi connectivity index (χ4v) is 2.51. The third kappa shape index (κ3) is 3.85. The van der Waals surface area contributed by atoms with Gasteiger partial charge in [0.2, 0.25) is 0 Å². The molecule has 0 spiro atoms. The van der Waals surface area contributed by atoms with Crippen molar-refractivity contribution in [1.29, 1.82) is 0 Å². The molecule has 0 bridgehead atoms. The van der Waals surface area contributed by atoms with Crippen molar-refractivity contribution in [3.8, 4) is 0 Å². The summed E-state index contributed by atoms with van der Waals surface area (Å²) in [6.45, 7) is 5.42. The zero-order chi connectivity index (χ0) is 15.5. The smallest absolute Gasteiger partial charge is 0.340 e. The van der Waals surface area contributed by atoms with Gasteiger partial charge in [0.05, 0.1) is 29.7 Å². The van der Waals surface area contributed by atoms with Gasteiger partial charge in [-0.25, -0.2) is 9.78 Å². The van der Waals surface area contributed by atoms with Crippen LogP contribution >= 0.6 is 0 Å². The van der Waals surface area contributed by atoms with Gasteiger partial charge >= 0.3 is 5.97 Å². The summed E-state index contributed by atoms with van der Waals surface area (Å²) in [5.74, 6) is 0.269. The summed E-state index contributed by atoms with van der Waals surface area (Å²) in [6.07, 6.45) is 3.81. The number of hydrogen-bond donors (Lipinski definition) is 2. The van der Waals surface area contributed by atoms with Gasteiger partial charge in [0.25, 0.3) is 0 Å². The lowest BCUT2D eigenvalue weighted by atomic mass is 9.98. The average molecular weight is 293 g/mol. The Bertz CT molecular complexity index is 517. The molecule has 116 valence electrons. The van der Waals surface area contributed by atoms with Crippen LogP contribution in [0.4, 0.5) is 11.5 Å². The number of nitrogens with two attached hydrogens (primary N) is 1. The Morgan fingerprint density at radius 2 is 2.29 bits per heavy atom. The fourth-order valence-electron chi connectivity index (χ4n) is 2.51. The predicted molar refractivity (Wildman–Crippen MR) is 81.3 cm³/mol. The standard InChI is InChI=1S/C15H23N3O3/c1-3-21-14(19)11-9-13(17-10-12(11)16)18-7-4-5-15(2,20)6-8-18/h9-10,20H,3-8,16H2,1-2H3. The maximum atomic E-state index is 11.9. The highest BCUT2D eigenvalue weighted by Gasteiger charge is 2.26. The second-order valence-corrected chi connectivity index (χ2v) is 5.69. The van der Waals surface area contributed by atoms with Gasteiger partial charge in [0.1, 0.15) is 5.82 Å². The monoisotopic (exact) mass is 293 g/mol. The van der Waals surface area contributed by atoms with Crippen LogP contribution < -0.4 is 10.6 Å². The molecule has 21 heavy (non-hydrogen) atoms. The maximum Gasteiger partial charge on any atom is 0.340 e. The predicted octanol–water partition coefficient (Wildman–Crippen LogP) is 1.58. The largest absolute Gasteiger partial charge is 0.462 e. The summed E-state index contributed by atoms with van der Waals surface area (Å²) in [6, 6.07) is 1.67. The molecule has 0 aliphatic carbocycles. The molecule has 6 nitrogen and oxygen atoms in total. The molecule has 0 radical (unpaired) electrons. The number of esters is 1. The lowest BCUT2D eigenvalue weighted by Crippen LogP contribution is -2.29. The van der Waals surface area contributed by atoms with E-state index in [1.54, 1.807) is 13.0 Å². The fraction of sp³-hybridized carbons (Fsp3) is 0.600. The second kappa shape index (κ2) is 6.30. The number of rotatable bonds is 3. The van der Waals surface area contributed by atoms with Crippen LogP contribution in [0, 0.1) is 0 Å². The van der Waals surface area contributed by atoms with E-state index < -0.39 is 11.6 Å².